The van der Waals surface area contributed by atoms with Crippen molar-refractivity contribution in [3.8, 4) is 0 Å². The zero-order valence-electron chi connectivity index (χ0n) is 13.5. The van der Waals surface area contributed by atoms with Crippen LogP contribution in [0, 0.1) is 0 Å². The first kappa shape index (κ1) is 16.1. The zero-order chi connectivity index (χ0) is 15.2. The van der Waals surface area contributed by atoms with E-state index in [1.54, 1.807) is 0 Å². The van der Waals surface area contributed by atoms with E-state index in [2.05, 4.69) is 63.0 Å². The van der Waals surface area contributed by atoms with Crippen molar-refractivity contribution >= 4 is 11.8 Å². The van der Waals surface area contributed by atoms with Crippen LogP contribution in [0.25, 0.3) is 0 Å². The maximum atomic E-state index is 4.07. The summed E-state index contributed by atoms with van der Waals surface area (Å²) in [6, 6.07) is 11.2. The summed E-state index contributed by atoms with van der Waals surface area (Å²) in [5.41, 5.74) is 4.27. The van der Waals surface area contributed by atoms with Gasteiger partial charge in [-0.05, 0) is 53.1 Å². The van der Waals surface area contributed by atoms with Crippen LogP contribution >= 0.6 is 11.8 Å². The van der Waals surface area contributed by atoms with E-state index in [4.69, 9.17) is 0 Å². The molecule has 0 aliphatic carbocycles. The molecule has 1 aromatic heterocycles. The van der Waals surface area contributed by atoms with Crippen LogP contribution in [-0.2, 0) is 6.42 Å². The largest absolute Gasteiger partial charge is 0.265 e. The predicted molar refractivity (Wildman–Crippen MR) is 93.3 cm³/mol. The molecule has 0 unspecified atom stereocenters. The Morgan fingerprint density at radius 1 is 0.952 bits per heavy atom. The Balaban J connectivity index is 2.08. The maximum Gasteiger partial charge on any atom is 0.0270 e. The van der Waals surface area contributed by atoms with Crippen LogP contribution in [0.1, 0.15) is 56.2 Å². The monoisotopic (exact) mass is 299 g/mol. The molecule has 0 radical (unpaired) electrons. The number of rotatable bonds is 6. The topological polar surface area (TPSA) is 12.9 Å². The predicted octanol–water partition coefficient (Wildman–Crippen LogP) is 5.66. The van der Waals surface area contributed by atoms with Gasteiger partial charge in [0.25, 0.3) is 0 Å². The number of hydrogen-bond donors (Lipinski definition) is 0. The quantitative estimate of drug-likeness (QED) is 0.638. The van der Waals surface area contributed by atoms with Crippen LogP contribution in [0.15, 0.2) is 47.6 Å². The van der Waals surface area contributed by atoms with Gasteiger partial charge in [-0.2, -0.15) is 0 Å². The van der Waals surface area contributed by atoms with Gasteiger partial charge < -0.3 is 0 Å². The van der Waals surface area contributed by atoms with Crippen molar-refractivity contribution in [3.05, 3.63) is 59.4 Å². The van der Waals surface area contributed by atoms with Gasteiger partial charge in [0.15, 0.2) is 0 Å². The minimum Gasteiger partial charge on any atom is -0.265 e. The molecule has 1 nitrogen and oxygen atoms in total. The Hall–Kier alpha value is -1.28. The van der Waals surface area contributed by atoms with Crippen molar-refractivity contribution in [1.29, 1.82) is 0 Å². The molecule has 2 aromatic rings. The van der Waals surface area contributed by atoms with Gasteiger partial charge in [0.05, 0.1) is 0 Å². The summed E-state index contributed by atoms with van der Waals surface area (Å²) in [6.07, 6.45) is 4.84. The number of benzene rings is 1. The van der Waals surface area contributed by atoms with Gasteiger partial charge in [-0.1, -0.05) is 39.8 Å². The smallest absolute Gasteiger partial charge is 0.0270 e. The van der Waals surface area contributed by atoms with Crippen molar-refractivity contribution in [3.63, 3.8) is 0 Å². The molecular weight excluding hydrogens is 274 g/mol. The van der Waals surface area contributed by atoms with E-state index in [9.17, 15) is 0 Å². The number of hydrogen-bond acceptors (Lipinski definition) is 2. The van der Waals surface area contributed by atoms with Gasteiger partial charge in [0.2, 0.25) is 0 Å². The highest BCUT2D eigenvalue weighted by molar-refractivity contribution is 7.99. The second kappa shape index (κ2) is 7.65. The number of nitrogens with zero attached hydrogens (tertiary/aromatic N) is 1. The number of aromatic nitrogens is 1. The number of pyridine rings is 1. The lowest BCUT2D eigenvalue weighted by Gasteiger charge is -2.15. The first-order valence-corrected chi connectivity index (χ1v) is 8.72. The highest BCUT2D eigenvalue weighted by Gasteiger charge is 2.10. The molecule has 0 atom stereocenters. The molecule has 112 valence electrons. The van der Waals surface area contributed by atoms with Crippen molar-refractivity contribution in [2.45, 2.75) is 50.8 Å². The molecule has 2 rings (SSSR count). The molecule has 21 heavy (non-hydrogen) atoms. The molecule has 0 spiro atoms. The SMILES string of the molecule is CC(C)c1ccc(C(C)C)c(SCCc2ccncc2)c1. The third-order valence-electron chi connectivity index (χ3n) is 3.72. The Morgan fingerprint density at radius 2 is 1.67 bits per heavy atom. The van der Waals surface area contributed by atoms with Gasteiger partial charge in [-0.3, -0.25) is 4.98 Å². The lowest BCUT2D eigenvalue weighted by molar-refractivity contribution is 0.821. The molecule has 0 saturated carbocycles. The summed E-state index contributed by atoms with van der Waals surface area (Å²) in [6.45, 7) is 9.07. The third kappa shape index (κ3) is 4.60. The van der Waals surface area contributed by atoms with E-state index in [1.807, 2.05) is 24.2 Å². The fourth-order valence-electron chi connectivity index (χ4n) is 2.34. The van der Waals surface area contributed by atoms with Crippen LogP contribution in [0.5, 0.6) is 0 Å². The van der Waals surface area contributed by atoms with E-state index in [0.717, 1.165) is 12.2 Å². The van der Waals surface area contributed by atoms with Gasteiger partial charge in [-0.25, -0.2) is 0 Å². The standard InChI is InChI=1S/C19H25NS/c1-14(2)17-5-6-18(15(3)4)19(13-17)21-12-9-16-7-10-20-11-8-16/h5-8,10-11,13-15H,9,12H2,1-4H3. The fourth-order valence-corrected chi connectivity index (χ4v) is 3.59. The summed E-state index contributed by atoms with van der Waals surface area (Å²) < 4.78 is 0. The molecular formula is C19H25NS. The van der Waals surface area contributed by atoms with E-state index in [1.165, 1.54) is 21.6 Å². The Kier molecular flexibility index (Phi) is 5.86. The summed E-state index contributed by atoms with van der Waals surface area (Å²) in [4.78, 5) is 5.52. The van der Waals surface area contributed by atoms with Gasteiger partial charge >= 0.3 is 0 Å². The molecule has 0 aliphatic rings. The second-order valence-corrected chi connectivity index (χ2v) is 7.20. The minimum absolute atomic E-state index is 0.578. The molecule has 1 heterocycles. The van der Waals surface area contributed by atoms with Crippen molar-refractivity contribution < 1.29 is 0 Å². The van der Waals surface area contributed by atoms with Crippen LogP contribution < -0.4 is 0 Å². The van der Waals surface area contributed by atoms with E-state index in [0.29, 0.717) is 11.8 Å². The van der Waals surface area contributed by atoms with Gasteiger partial charge in [-0.15, -0.1) is 11.8 Å². The first-order chi connectivity index (χ1) is 10.1. The second-order valence-electron chi connectivity index (χ2n) is 6.06. The van der Waals surface area contributed by atoms with E-state index in [-0.39, 0.29) is 0 Å². The maximum absolute atomic E-state index is 4.07. The van der Waals surface area contributed by atoms with Crippen molar-refractivity contribution in [2.75, 3.05) is 5.75 Å². The number of aryl methyl sites for hydroxylation is 1. The highest BCUT2D eigenvalue weighted by atomic mass is 32.2. The van der Waals surface area contributed by atoms with Crippen molar-refractivity contribution in [2.24, 2.45) is 0 Å². The first-order valence-electron chi connectivity index (χ1n) is 7.73. The Labute approximate surface area is 133 Å². The molecule has 0 aliphatic heterocycles. The van der Waals surface area contributed by atoms with Gasteiger partial charge in [0, 0.05) is 23.0 Å². The van der Waals surface area contributed by atoms with Crippen LogP contribution in [-0.4, -0.2) is 10.7 Å². The lowest BCUT2D eigenvalue weighted by atomic mass is 9.97. The summed E-state index contributed by atoms with van der Waals surface area (Å²) in [5, 5.41) is 0. The average Bonchev–Trinajstić information content (AvgIpc) is 2.48. The van der Waals surface area contributed by atoms with Gasteiger partial charge in [0.1, 0.15) is 0 Å². The highest BCUT2D eigenvalue weighted by Crippen LogP contribution is 2.32. The summed E-state index contributed by atoms with van der Waals surface area (Å²) >= 11 is 1.98. The molecule has 2 heteroatoms. The summed E-state index contributed by atoms with van der Waals surface area (Å²) in [5.74, 6) is 2.28. The molecule has 1 aromatic carbocycles. The van der Waals surface area contributed by atoms with Crippen LogP contribution in [0.3, 0.4) is 0 Å². The fraction of sp³-hybridized carbons (Fsp3) is 0.421. The summed E-state index contributed by atoms with van der Waals surface area (Å²) in [7, 11) is 0. The molecule has 0 amide bonds. The number of thioether (sulfide) groups is 1. The van der Waals surface area contributed by atoms with E-state index < -0.39 is 0 Å². The molecule has 0 N–H and O–H groups in total. The third-order valence-corrected chi connectivity index (χ3v) is 4.80. The molecule has 0 saturated heterocycles. The molecule has 0 bridgehead atoms. The molecule has 0 fully saturated rings. The average molecular weight is 299 g/mol. The lowest BCUT2D eigenvalue weighted by Crippen LogP contribution is -1.97. The van der Waals surface area contributed by atoms with Crippen LogP contribution in [0.4, 0.5) is 0 Å². The van der Waals surface area contributed by atoms with Crippen molar-refractivity contribution in [1.82, 2.24) is 4.98 Å². The van der Waals surface area contributed by atoms with E-state index >= 15 is 0 Å². The zero-order valence-corrected chi connectivity index (χ0v) is 14.3. The minimum atomic E-state index is 0.578. The van der Waals surface area contributed by atoms with Crippen LogP contribution in [0.2, 0.25) is 0 Å². The Bertz CT molecular complexity index is 561. The Morgan fingerprint density at radius 3 is 2.29 bits per heavy atom. The normalized spacial score (nSPS) is 11.3.